The number of aryl methyl sites for hydroxylation is 1. The van der Waals surface area contributed by atoms with Gasteiger partial charge in [-0.15, -0.1) is 0 Å². The highest BCUT2D eigenvalue weighted by molar-refractivity contribution is 9.09. The number of anilines is 1. The molecule has 0 fully saturated rings. The van der Waals surface area contributed by atoms with Gasteiger partial charge in [-0.3, -0.25) is 0 Å². The number of pyridine rings is 1. The van der Waals surface area contributed by atoms with Gasteiger partial charge >= 0.3 is 0 Å². The quantitative estimate of drug-likeness (QED) is 0.826. The van der Waals surface area contributed by atoms with Crippen LogP contribution in [0.25, 0.3) is 6.08 Å². The van der Waals surface area contributed by atoms with Gasteiger partial charge in [0.1, 0.15) is 5.82 Å². The lowest BCUT2D eigenvalue weighted by atomic mass is 10.2. The van der Waals surface area contributed by atoms with E-state index in [1.165, 1.54) is 0 Å². The van der Waals surface area contributed by atoms with Crippen LogP contribution in [0.4, 0.5) is 5.82 Å². The Balaban J connectivity index is 2.77. The van der Waals surface area contributed by atoms with E-state index in [9.17, 15) is 0 Å². The molecule has 70 valence electrons. The second-order valence-electron chi connectivity index (χ2n) is 2.87. The summed E-state index contributed by atoms with van der Waals surface area (Å²) in [4.78, 5) is 4.18. The van der Waals surface area contributed by atoms with Gasteiger partial charge in [-0.25, -0.2) is 4.98 Å². The fourth-order valence-corrected chi connectivity index (χ4v) is 1.34. The van der Waals surface area contributed by atoms with Crippen molar-refractivity contribution in [3.63, 3.8) is 0 Å². The Morgan fingerprint density at radius 2 is 2.31 bits per heavy atom. The molecule has 0 bridgehead atoms. The summed E-state index contributed by atoms with van der Waals surface area (Å²) in [5.74, 6) is 0.582. The first-order valence-corrected chi connectivity index (χ1v) is 5.31. The standard InChI is InChI=1S/C10H13BrN2/c1-8-6-9(4-2-3-5-11)13-10(12)7-8/h2,4,6-7H,3,5H2,1H3,(H2,12,13). The second kappa shape index (κ2) is 5.02. The number of hydrogen-bond donors (Lipinski definition) is 1. The van der Waals surface area contributed by atoms with E-state index < -0.39 is 0 Å². The molecule has 2 N–H and O–H groups in total. The van der Waals surface area contributed by atoms with Crippen molar-refractivity contribution in [1.29, 1.82) is 0 Å². The average Bonchev–Trinajstić information content (AvgIpc) is 2.03. The predicted octanol–water partition coefficient (Wildman–Crippen LogP) is 2.77. The van der Waals surface area contributed by atoms with Crippen molar-refractivity contribution in [3.8, 4) is 0 Å². The molecule has 13 heavy (non-hydrogen) atoms. The molecule has 0 unspecified atom stereocenters. The van der Waals surface area contributed by atoms with Crippen molar-refractivity contribution in [2.24, 2.45) is 0 Å². The van der Waals surface area contributed by atoms with Crippen molar-refractivity contribution in [1.82, 2.24) is 4.98 Å². The van der Waals surface area contributed by atoms with Crippen LogP contribution in [0.1, 0.15) is 17.7 Å². The van der Waals surface area contributed by atoms with Gasteiger partial charge in [0.2, 0.25) is 0 Å². The summed E-state index contributed by atoms with van der Waals surface area (Å²) < 4.78 is 0. The normalized spacial score (nSPS) is 10.9. The predicted molar refractivity (Wildman–Crippen MR) is 60.8 cm³/mol. The van der Waals surface area contributed by atoms with E-state index in [2.05, 4.69) is 27.0 Å². The number of nitrogens with zero attached hydrogens (tertiary/aromatic N) is 1. The first-order chi connectivity index (χ1) is 6.22. The van der Waals surface area contributed by atoms with Gasteiger partial charge in [0.25, 0.3) is 0 Å². The fourth-order valence-electron chi connectivity index (χ4n) is 1.07. The maximum atomic E-state index is 5.61. The first-order valence-electron chi connectivity index (χ1n) is 4.19. The smallest absolute Gasteiger partial charge is 0.124 e. The van der Waals surface area contributed by atoms with E-state index in [0.717, 1.165) is 23.0 Å². The molecule has 0 aromatic carbocycles. The Hall–Kier alpha value is -0.830. The minimum atomic E-state index is 0.582. The monoisotopic (exact) mass is 240 g/mol. The number of alkyl halides is 1. The highest BCUT2D eigenvalue weighted by Crippen LogP contribution is 2.08. The third-order valence-electron chi connectivity index (χ3n) is 1.57. The summed E-state index contributed by atoms with van der Waals surface area (Å²) in [7, 11) is 0. The number of allylic oxidation sites excluding steroid dienone is 1. The van der Waals surface area contributed by atoms with E-state index in [0.29, 0.717) is 5.82 Å². The van der Waals surface area contributed by atoms with E-state index in [-0.39, 0.29) is 0 Å². The summed E-state index contributed by atoms with van der Waals surface area (Å²) in [6.45, 7) is 2.01. The number of rotatable bonds is 3. The fraction of sp³-hybridized carbons (Fsp3) is 0.300. The summed E-state index contributed by atoms with van der Waals surface area (Å²) in [5, 5.41) is 0.977. The Morgan fingerprint density at radius 3 is 2.92 bits per heavy atom. The molecule has 0 saturated carbocycles. The van der Waals surface area contributed by atoms with Gasteiger partial charge in [-0.1, -0.05) is 22.0 Å². The molecule has 0 amide bonds. The molecule has 0 aliphatic rings. The number of nitrogens with two attached hydrogens (primary N) is 1. The third kappa shape index (κ3) is 3.59. The van der Waals surface area contributed by atoms with Gasteiger partial charge in [0, 0.05) is 5.33 Å². The lowest BCUT2D eigenvalue weighted by molar-refractivity contribution is 1.24. The van der Waals surface area contributed by atoms with E-state index >= 15 is 0 Å². The Labute approximate surface area is 87.0 Å². The molecular weight excluding hydrogens is 228 g/mol. The minimum Gasteiger partial charge on any atom is -0.384 e. The molecule has 1 aromatic heterocycles. The molecule has 1 heterocycles. The lowest BCUT2D eigenvalue weighted by Gasteiger charge is -1.98. The zero-order valence-electron chi connectivity index (χ0n) is 7.63. The SMILES string of the molecule is Cc1cc(N)nc(C=CCCBr)c1. The molecule has 0 atom stereocenters. The average molecular weight is 241 g/mol. The molecule has 3 heteroatoms. The summed E-state index contributed by atoms with van der Waals surface area (Å²) >= 11 is 3.36. The molecule has 0 saturated heterocycles. The minimum absolute atomic E-state index is 0.582. The highest BCUT2D eigenvalue weighted by Gasteiger charge is 1.92. The molecule has 0 aliphatic heterocycles. The van der Waals surface area contributed by atoms with Crippen LogP contribution in [0.15, 0.2) is 18.2 Å². The van der Waals surface area contributed by atoms with E-state index in [1.54, 1.807) is 0 Å². The third-order valence-corrected chi connectivity index (χ3v) is 2.03. The van der Waals surface area contributed by atoms with Crippen molar-refractivity contribution < 1.29 is 0 Å². The van der Waals surface area contributed by atoms with Crippen LogP contribution in [0.2, 0.25) is 0 Å². The number of aromatic nitrogens is 1. The number of hydrogen-bond acceptors (Lipinski definition) is 2. The van der Waals surface area contributed by atoms with Crippen molar-refractivity contribution >= 4 is 27.8 Å². The molecule has 2 nitrogen and oxygen atoms in total. The zero-order chi connectivity index (χ0) is 9.68. The van der Waals surface area contributed by atoms with Crippen LogP contribution < -0.4 is 5.73 Å². The lowest BCUT2D eigenvalue weighted by Crippen LogP contribution is -1.92. The number of halogens is 1. The molecule has 1 rings (SSSR count). The van der Waals surface area contributed by atoms with Gasteiger partial charge < -0.3 is 5.73 Å². The zero-order valence-corrected chi connectivity index (χ0v) is 9.21. The van der Waals surface area contributed by atoms with E-state index in [4.69, 9.17) is 5.73 Å². The maximum Gasteiger partial charge on any atom is 0.124 e. The molecule has 0 spiro atoms. The highest BCUT2D eigenvalue weighted by atomic mass is 79.9. The summed E-state index contributed by atoms with van der Waals surface area (Å²) in [6, 6.07) is 3.88. The Morgan fingerprint density at radius 1 is 1.54 bits per heavy atom. The molecular formula is C10H13BrN2. The van der Waals surface area contributed by atoms with Crippen LogP contribution in [-0.4, -0.2) is 10.3 Å². The van der Waals surface area contributed by atoms with Crippen LogP contribution >= 0.6 is 15.9 Å². The van der Waals surface area contributed by atoms with Crippen molar-refractivity contribution in [2.45, 2.75) is 13.3 Å². The van der Waals surface area contributed by atoms with E-state index in [1.807, 2.05) is 25.1 Å². The van der Waals surface area contributed by atoms with Gasteiger partial charge in [-0.05, 0) is 37.1 Å². The van der Waals surface area contributed by atoms with Crippen molar-refractivity contribution in [2.75, 3.05) is 11.1 Å². The van der Waals surface area contributed by atoms with Crippen LogP contribution in [0.3, 0.4) is 0 Å². The second-order valence-corrected chi connectivity index (χ2v) is 3.67. The Bertz CT molecular complexity index is 288. The van der Waals surface area contributed by atoms with Gasteiger partial charge in [-0.2, -0.15) is 0 Å². The summed E-state index contributed by atoms with van der Waals surface area (Å²) in [6.07, 6.45) is 5.08. The van der Waals surface area contributed by atoms with Gasteiger partial charge in [0.05, 0.1) is 5.69 Å². The van der Waals surface area contributed by atoms with Crippen LogP contribution in [0, 0.1) is 6.92 Å². The first kappa shape index (κ1) is 10.3. The van der Waals surface area contributed by atoms with Gasteiger partial charge in [0.15, 0.2) is 0 Å². The largest absolute Gasteiger partial charge is 0.384 e. The number of nitrogen functional groups attached to an aromatic ring is 1. The van der Waals surface area contributed by atoms with Crippen molar-refractivity contribution in [3.05, 3.63) is 29.5 Å². The molecule has 0 radical (unpaired) electrons. The molecule has 1 aromatic rings. The van der Waals surface area contributed by atoms with Crippen LogP contribution in [0.5, 0.6) is 0 Å². The maximum absolute atomic E-state index is 5.61. The topological polar surface area (TPSA) is 38.9 Å². The molecule has 0 aliphatic carbocycles. The Kier molecular flexibility index (Phi) is 3.96. The summed E-state index contributed by atoms with van der Waals surface area (Å²) in [5.41, 5.74) is 7.68. The van der Waals surface area contributed by atoms with Crippen LogP contribution in [-0.2, 0) is 0 Å².